The number of carbonyl (C=O) groups is 1. The zero-order valence-corrected chi connectivity index (χ0v) is 19.5. The van der Waals surface area contributed by atoms with Crippen molar-refractivity contribution in [3.63, 3.8) is 0 Å². The van der Waals surface area contributed by atoms with Crippen LogP contribution in [0.2, 0.25) is 0 Å². The van der Waals surface area contributed by atoms with Crippen LogP contribution in [0.1, 0.15) is 47.2 Å². The number of carbonyl (C=O) groups excluding carboxylic acids is 1. The van der Waals surface area contributed by atoms with Crippen molar-refractivity contribution in [2.75, 3.05) is 16.0 Å². The lowest BCUT2D eigenvalue weighted by atomic mass is 10.1. The molecule has 1 aliphatic carbocycles. The molecule has 0 bridgehead atoms. The summed E-state index contributed by atoms with van der Waals surface area (Å²) in [7, 11) is 0. The highest BCUT2D eigenvalue weighted by Crippen LogP contribution is 2.31. The molecule has 2 aromatic carbocycles. The van der Waals surface area contributed by atoms with Crippen LogP contribution in [-0.4, -0.2) is 26.9 Å². The first-order valence-corrected chi connectivity index (χ1v) is 11.7. The number of halogens is 3. The Morgan fingerprint density at radius 1 is 1.06 bits per heavy atom. The van der Waals surface area contributed by atoms with Gasteiger partial charge in [-0.2, -0.15) is 18.2 Å². The molecule has 0 radical (unpaired) electrons. The first kappa shape index (κ1) is 23.7. The van der Waals surface area contributed by atoms with E-state index in [9.17, 15) is 18.0 Å². The first-order chi connectivity index (χ1) is 17.3. The summed E-state index contributed by atoms with van der Waals surface area (Å²) in [5, 5.41) is 9.27. The summed E-state index contributed by atoms with van der Waals surface area (Å²) in [6, 6.07) is 11.8. The number of rotatable bonds is 6. The topological polar surface area (TPSA) is 94.7 Å². The average molecular weight is 495 g/mol. The van der Waals surface area contributed by atoms with E-state index in [2.05, 4.69) is 30.9 Å². The van der Waals surface area contributed by atoms with E-state index in [0.717, 1.165) is 41.6 Å². The molecule has 36 heavy (non-hydrogen) atoms. The molecule has 1 amide bonds. The highest BCUT2D eigenvalue weighted by atomic mass is 19.4. The predicted octanol–water partition coefficient (Wildman–Crippen LogP) is 6.64. The Bertz CT molecular complexity index is 1410. The van der Waals surface area contributed by atoms with Crippen molar-refractivity contribution in [3.05, 3.63) is 71.4 Å². The number of nitrogens with zero attached hydrogens (tertiary/aromatic N) is 2. The van der Waals surface area contributed by atoms with Crippen LogP contribution in [0.15, 0.2) is 54.7 Å². The zero-order chi connectivity index (χ0) is 25.3. The Morgan fingerprint density at radius 2 is 1.86 bits per heavy atom. The Kier molecular flexibility index (Phi) is 6.26. The molecule has 2 aromatic heterocycles. The van der Waals surface area contributed by atoms with Gasteiger partial charge in [-0.25, -0.2) is 4.98 Å². The maximum Gasteiger partial charge on any atom is 0.416 e. The summed E-state index contributed by atoms with van der Waals surface area (Å²) in [6.45, 7) is 1.89. The molecule has 0 aliphatic heterocycles. The van der Waals surface area contributed by atoms with Crippen molar-refractivity contribution in [1.82, 2.24) is 15.0 Å². The Balaban J connectivity index is 1.39. The highest BCUT2D eigenvalue weighted by Gasteiger charge is 2.30. The Labute approximate surface area is 205 Å². The largest absolute Gasteiger partial charge is 0.416 e. The molecule has 1 fully saturated rings. The number of H-pyrrole nitrogens is 1. The van der Waals surface area contributed by atoms with Crippen LogP contribution in [0.4, 0.5) is 36.3 Å². The lowest BCUT2D eigenvalue weighted by Crippen LogP contribution is -2.17. The van der Waals surface area contributed by atoms with Crippen LogP contribution in [0.5, 0.6) is 0 Å². The molecule has 0 atom stereocenters. The van der Waals surface area contributed by atoms with Gasteiger partial charge in [0.05, 0.1) is 11.1 Å². The summed E-state index contributed by atoms with van der Waals surface area (Å²) in [4.78, 5) is 25.3. The predicted molar refractivity (Wildman–Crippen MR) is 134 cm³/mol. The van der Waals surface area contributed by atoms with Crippen molar-refractivity contribution in [3.8, 4) is 0 Å². The number of fused-ring (bicyclic) bond motifs is 1. The fourth-order valence-electron chi connectivity index (χ4n) is 4.35. The lowest BCUT2D eigenvalue weighted by Gasteiger charge is -2.15. The molecule has 0 spiro atoms. The number of alkyl halides is 3. The van der Waals surface area contributed by atoms with Gasteiger partial charge in [0.2, 0.25) is 5.95 Å². The molecular formula is C26H25F3N6O. The minimum Gasteiger partial charge on any atom is -0.357 e. The number of hydrogen-bond donors (Lipinski definition) is 4. The molecule has 4 N–H and O–H groups in total. The molecule has 186 valence electrons. The minimum absolute atomic E-state index is 0.0661. The number of nitrogens with one attached hydrogen (secondary N) is 4. The van der Waals surface area contributed by atoms with Crippen molar-refractivity contribution >= 4 is 40.1 Å². The van der Waals surface area contributed by atoms with E-state index in [1.165, 1.54) is 25.0 Å². The van der Waals surface area contributed by atoms with Gasteiger partial charge in [0.1, 0.15) is 5.52 Å². The SMILES string of the molecule is Cc1ccc(C(=O)Nc2cccc(C(F)(F)F)c2)cc1Nc1nc(NC2CCCC2)nc2cc[nH]c12. The van der Waals surface area contributed by atoms with Crippen LogP contribution in [0.3, 0.4) is 0 Å². The molecule has 1 aliphatic rings. The van der Waals surface area contributed by atoms with Crippen molar-refractivity contribution in [2.24, 2.45) is 0 Å². The first-order valence-electron chi connectivity index (χ1n) is 11.7. The third-order valence-electron chi connectivity index (χ3n) is 6.29. The van der Waals surface area contributed by atoms with Gasteiger partial charge in [0.15, 0.2) is 5.82 Å². The van der Waals surface area contributed by atoms with E-state index in [0.29, 0.717) is 29.1 Å². The molecule has 0 unspecified atom stereocenters. The van der Waals surface area contributed by atoms with Crippen molar-refractivity contribution < 1.29 is 18.0 Å². The molecule has 1 saturated carbocycles. The number of amides is 1. The van der Waals surface area contributed by atoms with Crippen LogP contribution in [0, 0.1) is 6.92 Å². The van der Waals surface area contributed by atoms with Gasteiger partial charge in [-0.1, -0.05) is 25.0 Å². The number of aryl methyl sites for hydroxylation is 1. The van der Waals surface area contributed by atoms with Gasteiger partial charge < -0.3 is 20.9 Å². The van der Waals surface area contributed by atoms with Crippen molar-refractivity contribution in [2.45, 2.75) is 44.8 Å². The summed E-state index contributed by atoms with van der Waals surface area (Å²) in [5.74, 6) is 0.574. The van der Waals surface area contributed by atoms with Crippen LogP contribution in [0.25, 0.3) is 11.0 Å². The van der Waals surface area contributed by atoms with Crippen molar-refractivity contribution in [1.29, 1.82) is 0 Å². The Hall–Kier alpha value is -4.08. The van der Waals surface area contributed by atoms with Gasteiger partial charge in [0.25, 0.3) is 5.91 Å². The summed E-state index contributed by atoms with van der Waals surface area (Å²) in [5.41, 5.74) is 2.53. The van der Waals surface area contributed by atoms with Crippen LogP contribution < -0.4 is 16.0 Å². The molecule has 7 nitrogen and oxygen atoms in total. The van der Waals surface area contributed by atoms with Crippen LogP contribution >= 0.6 is 0 Å². The van der Waals surface area contributed by atoms with E-state index in [4.69, 9.17) is 0 Å². The minimum atomic E-state index is -4.49. The fraction of sp³-hybridized carbons (Fsp3) is 0.269. The summed E-state index contributed by atoms with van der Waals surface area (Å²) < 4.78 is 39.1. The van der Waals surface area contributed by atoms with E-state index >= 15 is 0 Å². The molecule has 4 aromatic rings. The number of aromatic amines is 1. The third kappa shape index (κ3) is 5.12. The Morgan fingerprint density at radius 3 is 2.64 bits per heavy atom. The zero-order valence-electron chi connectivity index (χ0n) is 19.5. The lowest BCUT2D eigenvalue weighted by molar-refractivity contribution is -0.137. The fourth-order valence-corrected chi connectivity index (χ4v) is 4.35. The molecular weight excluding hydrogens is 469 g/mol. The average Bonchev–Trinajstić information content (AvgIpc) is 3.52. The van der Waals surface area contributed by atoms with E-state index in [1.54, 1.807) is 24.4 Å². The van der Waals surface area contributed by atoms with E-state index in [-0.39, 0.29) is 5.69 Å². The molecule has 10 heteroatoms. The number of aromatic nitrogens is 3. The van der Waals surface area contributed by atoms with Gasteiger partial charge in [-0.3, -0.25) is 4.79 Å². The van der Waals surface area contributed by atoms with E-state index in [1.807, 2.05) is 13.0 Å². The van der Waals surface area contributed by atoms with Gasteiger partial charge >= 0.3 is 6.18 Å². The molecule has 2 heterocycles. The second-order valence-corrected chi connectivity index (χ2v) is 8.95. The normalized spacial score (nSPS) is 14.2. The highest BCUT2D eigenvalue weighted by molar-refractivity contribution is 6.05. The quantitative estimate of drug-likeness (QED) is 0.241. The summed E-state index contributed by atoms with van der Waals surface area (Å²) >= 11 is 0. The van der Waals surface area contributed by atoms with Gasteiger partial charge in [-0.05, 0) is 61.7 Å². The number of hydrogen-bond acceptors (Lipinski definition) is 5. The number of benzene rings is 2. The van der Waals surface area contributed by atoms with Crippen LogP contribution in [-0.2, 0) is 6.18 Å². The maximum atomic E-state index is 13.0. The third-order valence-corrected chi connectivity index (χ3v) is 6.29. The van der Waals surface area contributed by atoms with E-state index < -0.39 is 17.6 Å². The standard InChI is InChI=1S/C26H25F3N6O/c1-15-9-10-16(24(36)31-19-8-4-5-17(14-19)26(27,28)29)13-21(15)33-23-22-20(11-12-30-22)34-25(35-23)32-18-6-2-3-7-18/h4-5,8-14,18,30H,2-3,6-7H2,1H3,(H,31,36)(H2,32,33,34,35). The van der Waals surface area contributed by atoms with Gasteiger partial charge in [0, 0.05) is 29.2 Å². The maximum absolute atomic E-state index is 13.0. The molecule has 5 rings (SSSR count). The van der Waals surface area contributed by atoms with Gasteiger partial charge in [-0.15, -0.1) is 0 Å². The monoisotopic (exact) mass is 494 g/mol. The smallest absolute Gasteiger partial charge is 0.357 e. The second kappa shape index (κ2) is 9.52. The molecule has 0 saturated heterocycles. The summed E-state index contributed by atoms with van der Waals surface area (Å²) in [6.07, 6.45) is 1.83. The second-order valence-electron chi connectivity index (χ2n) is 8.95. The number of anilines is 4.